The molecule has 0 radical (unpaired) electrons. The smallest absolute Gasteiger partial charge is 0.308 e. The van der Waals surface area contributed by atoms with Crippen molar-refractivity contribution in [2.75, 3.05) is 11.8 Å². The molecule has 1 N–H and O–H groups in total. The van der Waals surface area contributed by atoms with E-state index in [1.54, 1.807) is 41.0 Å². The lowest BCUT2D eigenvalue weighted by molar-refractivity contribution is 0.413. The number of benzene rings is 2. The zero-order valence-electron chi connectivity index (χ0n) is 13.4. The molecule has 3 aromatic rings. The zero-order valence-corrected chi connectivity index (χ0v) is 15.1. The third-order valence-electron chi connectivity index (χ3n) is 3.58. The number of fused-ring (bicyclic) bond motifs is 1. The summed E-state index contributed by atoms with van der Waals surface area (Å²) in [4.78, 5) is 12.0. The van der Waals surface area contributed by atoms with Crippen LogP contribution in [0, 0.1) is 0 Å². The first-order valence-electron chi connectivity index (χ1n) is 7.36. The predicted octanol–water partition coefficient (Wildman–Crippen LogP) is 3.06. The van der Waals surface area contributed by atoms with Gasteiger partial charge in [-0.2, -0.15) is 0 Å². The Kier molecular flexibility index (Phi) is 4.65. The van der Waals surface area contributed by atoms with Crippen LogP contribution in [-0.4, -0.2) is 20.1 Å². The van der Waals surface area contributed by atoms with Crippen LogP contribution >= 0.6 is 11.3 Å². The molecule has 0 atom stereocenters. The van der Waals surface area contributed by atoms with E-state index in [2.05, 4.69) is 11.3 Å². The first-order chi connectivity index (χ1) is 11.9. The fourth-order valence-corrected chi connectivity index (χ4v) is 4.44. The summed E-state index contributed by atoms with van der Waals surface area (Å²) in [5.74, 6) is 0.457. The number of ether oxygens (including phenoxy) is 1. The maximum atomic E-state index is 12.5. The van der Waals surface area contributed by atoms with Crippen LogP contribution in [0.4, 0.5) is 5.69 Å². The van der Waals surface area contributed by atoms with Crippen LogP contribution in [0.5, 0.6) is 5.75 Å². The average molecular weight is 376 g/mol. The van der Waals surface area contributed by atoms with E-state index in [4.69, 9.17) is 4.74 Å². The van der Waals surface area contributed by atoms with Crippen LogP contribution < -0.4 is 14.3 Å². The Hall–Kier alpha value is -2.58. The molecule has 6 nitrogen and oxygen atoms in total. The Morgan fingerprint density at radius 2 is 2.08 bits per heavy atom. The molecule has 130 valence electrons. The number of hydrogen-bond donors (Lipinski definition) is 1. The molecule has 1 aromatic heterocycles. The zero-order chi connectivity index (χ0) is 18.0. The van der Waals surface area contributed by atoms with Crippen molar-refractivity contribution in [2.45, 2.75) is 11.4 Å². The Bertz CT molecular complexity index is 1100. The number of allylic oxidation sites excluding steroid dienone is 1. The summed E-state index contributed by atoms with van der Waals surface area (Å²) < 4.78 is 35.0. The van der Waals surface area contributed by atoms with Crippen molar-refractivity contribution in [2.24, 2.45) is 0 Å². The lowest BCUT2D eigenvalue weighted by Crippen LogP contribution is -2.13. The third-order valence-corrected chi connectivity index (χ3v) is 5.90. The van der Waals surface area contributed by atoms with E-state index in [-0.39, 0.29) is 9.77 Å². The first-order valence-corrected chi connectivity index (χ1v) is 9.66. The van der Waals surface area contributed by atoms with Crippen LogP contribution in [0.3, 0.4) is 0 Å². The van der Waals surface area contributed by atoms with Gasteiger partial charge in [0.1, 0.15) is 5.75 Å². The Labute approximate surface area is 149 Å². The minimum atomic E-state index is -3.75. The van der Waals surface area contributed by atoms with Crippen molar-refractivity contribution in [3.8, 4) is 5.75 Å². The summed E-state index contributed by atoms with van der Waals surface area (Å²) in [5, 5.41) is 0. The average Bonchev–Trinajstić information content (AvgIpc) is 2.90. The van der Waals surface area contributed by atoms with Gasteiger partial charge in [0.25, 0.3) is 10.0 Å². The molecular formula is C17H16N2O4S2. The summed E-state index contributed by atoms with van der Waals surface area (Å²) in [5.41, 5.74) is 1.14. The van der Waals surface area contributed by atoms with Gasteiger partial charge in [-0.3, -0.25) is 14.1 Å². The molecule has 0 saturated carbocycles. The van der Waals surface area contributed by atoms with Crippen molar-refractivity contribution in [3.63, 3.8) is 0 Å². The molecule has 0 aliphatic heterocycles. The second-order valence-corrected chi connectivity index (χ2v) is 7.91. The molecule has 0 spiro atoms. The molecule has 0 aliphatic rings. The third kappa shape index (κ3) is 3.45. The van der Waals surface area contributed by atoms with E-state index in [9.17, 15) is 13.2 Å². The molecule has 2 aromatic carbocycles. The number of hydrogen-bond acceptors (Lipinski definition) is 5. The lowest BCUT2D eigenvalue weighted by atomic mass is 10.3. The largest absolute Gasteiger partial charge is 0.497 e. The highest BCUT2D eigenvalue weighted by molar-refractivity contribution is 7.92. The first kappa shape index (κ1) is 17.2. The molecule has 0 bridgehead atoms. The maximum Gasteiger partial charge on any atom is 0.308 e. The van der Waals surface area contributed by atoms with E-state index in [0.29, 0.717) is 22.7 Å². The second-order valence-electron chi connectivity index (χ2n) is 5.23. The van der Waals surface area contributed by atoms with Gasteiger partial charge >= 0.3 is 4.87 Å². The highest BCUT2D eigenvalue weighted by Crippen LogP contribution is 2.25. The molecule has 0 unspecified atom stereocenters. The molecule has 0 fully saturated rings. The fraction of sp³-hybridized carbons (Fsp3) is 0.118. The van der Waals surface area contributed by atoms with E-state index < -0.39 is 10.0 Å². The van der Waals surface area contributed by atoms with Crippen LogP contribution in [0.15, 0.2) is 64.8 Å². The van der Waals surface area contributed by atoms with Crippen LogP contribution in [0.2, 0.25) is 0 Å². The summed E-state index contributed by atoms with van der Waals surface area (Å²) in [6.07, 6.45) is 1.65. The van der Waals surface area contributed by atoms with Crippen LogP contribution in [-0.2, 0) is 16.6 Å². The van der Waals surface area contributed by atoms with Gasteiger partial charge in [-0.15, -0.1) is 6.58 Å². The lowest BCUT2D eigenvalue weighted by Gasteiger charge is -2.09. The Morgan fingerprint density at radius 1 is 1.28 bits per heavy atom. The van der Waals surface area contributed by atoms with Gasteiger partial charge in [-0.05, 0) is 30.3 Å². The van der Waals surface area contributed by atoms with Gasteiger partial charge in [0.05, 0.1) is 27.9 Å². The fourth-order valence-electron chi connectivity index (χ4n) is 2.41. The molecule has 0 saturated heterocycles. The highest BCUT2D eigenvalue weighted by atomic mass is 32.2. The number of sulfonamides is 1. The summed E-state index contributed by atoms with van der Waals surface area (Å²) >= 11 is 1.07. The molecule has 0 aliphatic carbocycles. The van der Waals surface area contributed by atoms with E-state index in [0.717, 1.165) is 16.9 Å². The van der Waals surface area contributed by atoms with Crippen molar-refractivity contribution in [1.29, 1.82) is 0 Å². The molecule has 1 heterocycles. The van der Waals surface area contributed by atoms with Crippen molar-refractivity contribution >= 4 is 37.3 Å². The number of thiazole rings is 1. The van der Waals surface area contributed by atoms with Gasteiger partial charge in [0, 0.05) is 12.6 Å². The summed E-state index contributed by atoms with van der Waals surface area (Å²) in [6, 6.07) is 11.2. The number of nitrogens with zero attached hydrogens (tertiary/aromatic N) is 1. The van der Waals surface area contributed by atoms with Gasteiger partial charge in [0.2, 0.25) is 0 Å². The van der Waals surface area contributed by atoms with Gasteiger partial charge in [-0.25, -0.2) is 8.42 Å². The quantitative estimate of drug-likeness (QED) is 0.671. The Morgan fingerprint density at radius 3 is 2.80 bits per heavy atom. The minimum absolute atomic E-state index is 0.101. The minimum Gasteiger partial charge on any atom is -0.497 e. The standard InChI is InChI=1S/C17H16N2O4S2/c1-3-9-19-15-8-7-12(10-16(15)24-17(19)20)18-25(21,22)14-6-4-5-13(11-14)23-2/h3-8,10-11,18H,1,9H2,2H3. The number of rotatable bonds is 6. The molecular weight excluding hydrogens is 360 g/mol. The van der Waals surface area contributed by atoms with Crippen molar-refractivity contribution in [1.82, 2.24) is 4.57 Å². The molecule has 0 amide bonds. The van der Waals surface area contributed by atoms with Crippen molar-refractivity contribution < 1.29 is 13.2 Å². The monoisotopic (exact) mass is 376 g/mol. The summed E-state index contributed by atoms with van der Waals surface area (Å²) in [6.45, 7) is 4.05. The summed E-state index contributed by atoms with van der Waals surface area (Å²) in [7, 11) is -2.28. The number of aromatic nitrogens is 1. The van der Waals surface area contributed by atoms with Crippen LogP contribution in [0.1, 0.15) is 0 Å². The van der Waals surface area contributed by atoms with Gasteiger partial charge in [0.15, 0.2) is 0 Å². The highest BCUT2D eigenvalue weighted by Gasteiger charge is 2.16. The SMILES string of the molecule is C=CCn1c(=O)sc2cc(NS(=O)(=O)c3cccc(OC)c3)ccc21. The second kappa shape index (κ2) is 6.73. The Balaban J connectivity index is 1.97. The van der Waals surface area contributed by atoms with E-state index in [1.165, 1.54) is 19.2 Å². The van der Waals surface area contributed by atoms with Gasteiger partial charge < -0.3 is 4.74 Å². The number of anilines is 1. The van der Waals surface area contributed by atoms with E-state index >= 15 is 0 Å². The normalized spacial score (nSPS) is 11.4. The maximum absolute atomic E-state index is 12.5. The van der Waals surface area contributed by atoms with Gasteiger partial charge in [-0.1, -0.05) is 23.5 Å². The van der Waals surface area contributed by atoms with E-state index in [1.807, 2.05) is 0 Å². The molecule has 3 rings (SSSR count). The number of nitrogens with one attached hydrogen (secondary N) is 1. The predicted molar refractivity (Wildman–Crippen MR) is 100 cm³/mol. The molecule has 8 heteroatoms. The topological polar surface area (TPSA) is 77.4 Å². The van der Waals surface area contributed by atoms with Crippen LogP contribution in [0.25, 0.3) is 10.2 Å². The number of methoxy groups -OCH3 is 1. The molecule has 25 heavy (non-hydrogen) atoms. The van der Waals surface area contributed by atoms with Crippen molar-refractivity contribution in [3.05, 3.63) is 64.8 Å².